The Morgan fingerprint density at radius 2 is 1.11 bits per heavy atom. The van der Waals surface area contributed by atoms with Crippen LogP contribution in [-0.4, -0.2) is 14.9 Å². The topological polar surface area (TPSA) is 12.5 Å². The van der Waals surface area contributed by atoms with Crippen molar-refractivity contribution >= 4 is 41.3 Å². The van der Waals surface area contributed by atoms with E-state index in [2.05, 4.69) is 134 Å². The van der Waals surface area contributed by atoms with E-state index in [0.717, 1.165) is 23.9 Å². The maximum absolute atomic E-state index is 6.33. The highest BCUT2D eigenvalue weighted by Gasteiger charge is 2.36. The lowest BCUT2D eigenvalue weighted by Gasteiger charge is -2.36. The Hall–Kier alpha value is -1.88. The SMILES string of the molecule is CCCCc1ccc(N(c2ccc(Br)cc2)c2ccc(CCCCCCO[Si](C)(C)C(C)(C)C)cc2)cc1. The van der Waals surface area contributed by atoms with E-state index in [9.17, 15) is 0 Å². The lowest BCUT2D eigenvalue weighted by molar-refractivity contribution is 0.277. The van der Waals surface area contributed by atoms with Crippen molar-refractivity contribution in [1.29, 1.82) is 0 Å². The smallest absolute Gasteiger partial charge is 0.191 e. The number of nitrogens with zero attached hydrogens (tertiary/aromatic N) is 1. The molecule has 2 nitrogen and oxygen atoms in total. The van der Waals surface area contributed by atoms with Crippen LogP contribution in [0.1, 0.15) is 77.3 Å². The molecule has 0 aliphatic heterocycles. The molecule has 206 valence electrons. The molecule has 0 saturated heterocycles. The Bertz CT molecular complexity index is 1090. The molecule has 3 aromatic carbocycles. The van der Waals surface area contributed by atoms with Crippen LogP contribution >= 0.6 is 15.9 Å². The Balaban J connectivity index is 1.58. The molecule has 0 spiro atoms. The van der Waals surface area contributed by atoms with Gasteiger partial charge in [-0.2, -0.15) is 0 Å². The van der Waals surface area contributed by atoms with Crippen molar-refractivity contribution in [2.75, 3.05) is 11.5 Å². The average molecular weight is 595 g/mol. The Kier molecular flexibility index (Phi) is 11.7. The molecule has 0 aliphatic rings. The van der Waals surface area contributed by atoms with Gasteiger partial charge in [-0.25, -0.2) is 0 Å². The van der Waals surface area contributed by atoms with Crippen LogP contribution in [0.3, 0.4) is 0 Å². The summed E-state index contributed by atoms with van der Waals surface area (Å²) in [5.74, 6) is 0. The van der Waals surface area contributed by atoms with Crippen molar-refractivity contribution in [1.82, 2.24) is 0 Å². The molecule has 0 unspecified atom stereocenters. The Morgan fingerprint density at radius 1 is 0.658 bits per heavy atom. The number of hydrogen-bond acceptors (Lipinski definition) is 2. The van der Waals surface area contributed by atoms with E-state index < -0.39 is 8.32 Å². The van der Waals surface area contributed by atoms with Crippen molar-refractivity contribution in [3.05, 3.63) is 88.4 Å². The summed E-state index contributed by atoms with van der Waals surface area (Å²) in [7, 11) is -1.61. The van der Waals surface area contributed by atoms with E-state index in [1.54, 1.807) is 0 Å². The lowest BCUT2D eigenvalue weighted by Crippen LogP contribution is -2.40. The molecule has 0 N–H and O–H groups in total. The second-order valence-corrected chi connectivity index (χ2v) is 17.7. The fourth-order valence-corrected chi connectivity index (χ4v) is 5.72. The molecule has 0 saturated carbocycles. The van der Waals surface area contributed by atoms with Crippen LogP contribution in [0.25, 0.3) is 0 Å². The fraction of sp³-hybridized carbons (Fsp3) is 0.471. The zero-order valence-electron chi connectivity index (χ0n) is 24.5. The second kappa shape index (κ2) is 14.5. The molecule has 3 aromatic rings. The lowest BCUT2D eigenvalue weighted by atomic mass is 10.0. The van der Waals surface area contributed by atoms with Crippen molar-refractivity contribution in [2.45, 2.75) is 97.2 Å². The highest BCUT2D eigenvalue weighted by atomic mass is 79.9. The number of rotatable bonds is 14. The van der Waals surface area contributed by atoms with Crippen LogP contribution in [0.4, 0.5) is 17.1 Å². The first-order valence-corrected chi connectivity index (χ1v) is 18.2. The summed E-state index contributed by atoms with van der Waals surface area (Å²) in [5, 5.41) is 0.296. The van der Waals surface area contributed by atoms with Crippen molar-refractivity contribution < 1.29 is 4.43 Å². The third-order valence-electron chi connectivity index (χ3n) is 7.92. The molecular weight excluding hydrogens is 546 g/mol. The van der Waals surface area contributed by atoms with Crippen LogP contribution in [0.15, 0.2) is 77.3 Å². The molecule has 0 atom stereocenters. The largest absolute Gasteiger partial charge is 0.417 e. The summed E-state index contributed by atoms with van der Waals surface area (Å²) in [4.78, 5) is 2.35. The number of hydrogen-bond donors (Lipinski definition) is 0. The van der Waals surface area contributed by atoms with Gasteiger partial charge in [-0.3, -0.25) is 0 Å². The van der Waals surface area contributed by atoms with E-state index in [1.165, 1.54) is 66.7 Å². The van der Waals surface area contributed by atoms with Gasteiger partial charge in [0.05, 0.1) is 0 Å². The first-order chi connectivity index (χ1) is 18.1. The van der Waals surface area contributed by atoms with Crippen LogP contribution in [0.2, 0.25) is 18.1 Å². The van der Waals surface area contributed by atoms with Gasteiger partial charge in [0.2, 0.25) is 0 Å². The van der Waals surface area contributed by atoms with E-state index in [1.807, 2.05) is 0 Å². The average Bonchev–Trinajstić information content (AvgIpc) is 2.89. The summed E-state index contributed by atoms with van der Waals surface area (Å²) in [6, 6.07) is 26.8. The van der Waals surface area contributed by atoms with E-state index in [0.29, 0.717) is 5.04 Å². The van der Waals surface area contributed by atoms with E-state index >= 15 is 0 Å². The van der Waals surface area contributed by atoms with Gasteiger partial charge in [0.15, 0.2) is 8.32 Å². The maximum atomic E-state index is 6.33. The number of halogens is 1. The molecule has 0 fully saturated rings. The van der Waals surface area contributed by atoms with Gasteiger partial charge in [0.25, 0.3) is 0 Å². The highest BCUT2D eigenvalue weighted by Crippen LogP contribution is 2.37. The molecule has 0 aromatic heterocycles. The van der Waals surface area contributed by atoms with Gasteiger partial charge in [0.1, 0.15) is 0 Å². The van der Waals surface area contributed by atoms with Gasteiger partial charge < -0.3 is 9.33 Å². The third kappa shape index (κ3) is 9.10. The van der Waals surface area contributed by atoms with Gasteiger partial charge in [-0.15, -0.1) is 0 Å². The molecule has 0 bridgehead atoms. The second-order valence-electron chi connectivity index (χ2n) is 12.0. The van der Waals surface area contributed by atoms with Gasteiger partial charge in [-0.05, 0) is 110 Å². The first-order valence-electron chi connectivity index (χ1n) is 14.5. The summed E-state index contributed by atoms with van der Waals surface area (Å²) in [6.07, 6.45) is 9.66. The first kappa shape index (κ1) is 30.7. The van der Waals surface area contributed by atoms with Crippen molar-refractivity contribution in [2.24, 2.45) is 0 Å². The van der Waals surface area contributed by atoms with Crippen LogP contribution < -0.4 is 4.90 Å². The van der Waals surface area contributed by atoms with Crippen molar-refractivity contribution in [3.63, 3.8) is 0 Å². The predicted molar refractivity (Wildman–Crippen MR) is 173 cm³/mol. The number of benzene rings is 3. The zero-order valence-corrected chi connectivity index (χ0v) is 27.1. The highest BCUT2D eigenvalue weighted by molar-refractivity contribution is 9.10. The van der Waals surface area contributed by atoms with Gasteiger partial charge >= 0.3 is 0 Å². The number of unbranched alkanes of at least 4 members (excludes halogenated alkanes) is 4. The quantitative estimate of drug-likeness (QED) is 0.136. The Morgan fingerprint density at radius 3 is 1.58 bits per heavy atom. The van der Waals surface area contributed by atoms with E-state index in [4.69, 9.17) is 4.43 Å². The molecule has 38 heavy (non-hydrogen) atoms. The minimum atomic E-state index is -1.61. The van der Waals surface area contributed by atoms with Gasteiger partial charge in [0, 0.05) is 28.1 Å². The monoisotopic (exact) mass is 593 g/mol. The summed E-state index contributed by atoms with van der Waals surface area (Å²) < 4.78 is 7.42. The van der Waals surface area contributed by atoms with E-state index in [-0.39, 0.29) is 0 Å². The van der Waals surface area contributed by atoms with Crippen LogP contribution in [-0.2, 0) is 17.3 Å². The molecule has 0 radical (unpaired) electrons. The Labute approximate surface area is 242 Å². The van der Waals surface area contributed by atoms with Crippen LogP contribution in [0.5, 0.6) is 0 Å². The zero-order chi connectivity index (χ0) is 27.6. The molecule has 0 amide bonds. The minimum Gasteiger partial charge on any atom is -0.417 e. The normalized spacial score (nSPS) is 12.1. The molecule has 0 aliphatic carbocycles. The summed E-state index contributed by atoms with van der Waals surface area (Å²) in [6.45, 7) is 14.8. The van der Waals surface area contributed by atoms with Crippen molar-refractivity contribution in [3.8, 4) is 0 Å². The molecule has 0 heterocycles. The number of aryl methyl sites for hydroxylation is 2. The van der Waals surface area contributed by atoms with Crippen LogP contribution in [0, 0.1) is 0 Å². The fourth-order valence-electron chi connectivity index (χ4n) is 4.37. The third-order valence-corrected chi connectivity index (χ3v) is 13.0. The van der Waals surface area contributed by atoms with Gasteiger partial charge in [-0.1, -0.05) is 87.2 Å². The summed E-state index contributed by atoms with van der Waals surface area (Å²) >= 11 is 3.59. The minimum absolute atomic E-state index is 0.296. The molecule has 3 rings (SSSR count). The molecular formula is C34H48BrNOSi. The number of anilines is 3. The standard InChI is InChI=1S/C34H48BrNOSi/c1-7-8-13-28-15-21-31(22-16-28)36(33-25-19-30(35)20-26-33)32-23-17-29(18-24-32)14-11-9-10-12-27-37-38(5,6)34(2,3)4/h15-26H,7-14,27H2,1-6H3. The predicted octanol–water partition coefficient (Wildman–Crippen LogP) is 11.4. The maximum Gasteiger partial charge on any atom is 0.191 e. The summed E-state index contributed by atoms with van der Waals surface area (Å²) in [5.41, 5.74) is 6.38. The molecule has 4 heteroatoms.